The number of hydrogen-bond donors (Lipinski definition) is 1. The Labute approximate surface area is 130 Å². The van der Waals surface area contributed by atoms with Crippen LogP contribution in [0.15, 0.2) is 36.4 Å². The molecule has 0 heterocycles. The van der Waals surface area contributed by atoms with Gasteiger partial charge in [-0.15, -0.1) is 0 Å². The van der Waals surface area contributed by atoms with Gasteiger partial charge < -0.3 is 10.1 Å². The Bertz CT molecular complexity index is 683. The van der Waals surface area contributed by atoms with Gasteiger partial charge in [-0.05, 0) is 48.7 Å². The second kappa shape index (κ2) is 7.18. The van der Waals surface area contributed by atoms with Crippen molar-refractivity contribution in [1.82, 2.24) is 5.32 Å². The van der Waals surface area contributed by atoms with Crippen molar-refractivity contribution in [2.24, 2.45) is 0 Å². The molecule has 3 nitrogen and oxygen atoms in total. The lowest BCUT2D eigenvalue weighted by atomic mass is 10.0. The van der Waals surface area contributed by atoms with E-state index in [9.17, 15) is 9.18 Å². The van der Waals surface area contributed by atoms with Gasteiger partial charge in [0.25, 0.3) is 5.91 Å². The summed E-state index contributed by atoms with van der Waals surface area (Å²) in [4.78, 5) is 12.3. The molecule has 2 aromatic carbocycles. The molecule has 0 aromatic heterocycles. The Morgan fingerprint density at radius 1 is 1.23 bits per heavy atom. The largest absolute Gasteiger partial charge is 0.380 e. The van der Waals surface area contributed by atoms with Crippen LogP contribution in [0.3, 0.4) is 0 Å². The van der Waals surface area contributed by atoms with Crippen molar-refractivity contribution in [3.8, 4) is 0 Å². The van der Waals surface area contributed by atoms with Crippen LogP contribution in [0.25, 0.3) is 0 Å². The molecule has 0 aliphatic rings. The third-order valence-electron chi connectivity index (χ3n) is 3.71. The van der Waals surface area contributed by atoms with Gasteiger partial charge in [-0.25, -0.2) is 4.39 Å². The Hall–Kier alpha value is -2.20. The van der Waals surface area contributed by atoms with E-state index in [1.54, 1.807) is 18.2 Å². The normalized spacial score (nSPS) is 10.5. The van der Waals surface area contributed by atoms with Crippen molar-refractivity contribution in [2.45, 2.75) is 27.0 Å². The first-order chi connectivity index (χ1) is 10.5. The predicted octanol–water partition coefficient (Wildman–Crippen LogP) is 3.52. The van der Waals surface area contributed by atoms with E-state index in [1.807, 2.05) is 26.0 Å². The van der Waals surface area contributed by atoms with Crippen LogP contribution in [0.5, 0.6) is 0 Å². The van der Waals surface area contributed by atoms with Gasteiger partial charge in [-0.1, -0.05) is 18.2 Å². The molecule has 0 saturated carbocycles. The van der Waals surface area contributed by atoms with Gasteiger partial charge in [0.15, 0.2) is 0 Å². The molecule has 2 rings (SSSR count). The smallest absolute Gasteiger partial charge is 0.251 e. The summed E-state index contributed by atoms with van der Waals surface area (Å²) in [6, 6.07) is 10.4. The SMILES string of the molecule is COCc1cc(CNC(=O)c2cccc(C)c2C)ccc1F. The van der Waals surface area contributed by atoms with Crippen LogP contribution in [-0.2, 0) is 17.9 Å². The van der Waals surface area contributed by atoms with E-state index in [1.165, 1.54) is 13.2 Å². The summed E-state index contributed by atoms with van der Waals surface area (Å²) >= 11 is 0. The highest BCUT2D eigenvalue weighted by molar-refractivity contribution is 5.95. The van der Waals surface area contributed by atoms with Crippen molar-refractivity contribution < 1.29 is 13.9 Å². The molecule has 1 N–H and O–H groups in total. The van der Waals surface area contributed by atoms with Crippen molar-refractivity contribution >= 4 is 5.91 Å². The summed E-state index contributed by atoms with van der Waals surface area (Å²) in [6.07, 6.45) is 0. The molecule has 0 aliphatic heterocycles. The van der Waals surface area contributed by atoms with Gasteiger partial charge in [-0.2, -0.15) is 0 Å². The Kier molecular flexibility index (Phi) is 5.28. The molecule has 0 saturated heterocycles. The molecule has 0 radical (unpaired) electrons. The van der Waals surface area contributed by atoms with Crippen molar-refractivity contribution in [2.75, 3.05) is 7.11 Å². The summed E-state index contributed by atoms with van der Waals surface area (Å²) in [5, 5.41) is 2.87. The zero-order valence-electron chi connectivity index (χ0n) is 13.1. The number of rotatable bonds is 5. The molecule has 1 amide bonds. The molecule has 0 bridgehead atoms. The minimum absolute atomic E-state index is 0.126. The van der Waals surface area contributed by atoms with Gasteiger partial charge in [0, 0.05) is 24.8 Å². The van der Waals surface area contributed by atoms with Gasteiger partial charge in [0.05, 0.1) is 6.61 Å². The van der Waals surface area contributed by atoms with E-state index in [-0.39, 0.29) is 18.3 Å². The van der Waals surface area contributed by atoms with Gasteiger partial charge in [-0.3, -0.25) is 4.79 Å². The van der Waals surface area contributed by atoms with Crippen molar-refractivity contribution in [3.05, 3.63) is 70.0 Å². The summed E-state index contributed by atoms with van der Waals surface area (Å²) in [7, 11) is 1.52. The number of carbonyl (C=O) groups excluding carboxylic acids is 1. The number of halogens is 1. The van der Waals surface area contributed by atoms with E-state index < -0.39 is 0 Å². The van der Waals surface area contributed by atoms with Crippen molar-refractivity contribution in [1.29, 1.82) is 0 Å². The molecular formula is C18H20FNO2. The molecule has 0 unspecified atom stereocenters. The monoisotopic (exact) mass is 301 g/mol. The second-order valence-electron chi connectivity index (χ2n) is 5.29. The maximum atomic E-state index is 13.6. The second-order valence-corrected chi connectivity index (χ2v) is 5.29. The Morgan fingerprint density at radius 2 is 2.00 bits per heavy atom. The highest BCUT2D eigenvalue weighted by Gasteiger charge is 2.10. The molecular weight excluding hydrogens is 281 g/mol. The minimum Gasteiger partial charge on any atom is -0.380 e. The van der Waals surface area contributed by atoms with Gasteiger partial charge in [0.1, 0.15) is 5.82 Å². The van der Waals surface area contributed by atoms with Crippen LogP contribution in [0, 0.1) is 19.7 Å². The van der Waals surface area contributed by atoms with Crippen LogP contribution in [0.2, 0.25) is 0 Å². The van der Waals surface area contributed by atoms with E-state index in [0.717, 1.165) is 16.7 Å². The molecule has 0 spiro atoms. The number of ether oxygens (including phenoxy) is 1. The van der Waals surface area contributed by atoms with E-state index >= 15 is 0 Å². The number of carbonyl (C=O) groups is 1. The zero-order chi connectivity index (χ0) is 16.1. The minimum atomic E-state index is -0.300. The predicted molar refractivity (Wildman–Crippen MR) is 84.2 cm³/mol. The van der Waals surface area contributed by atoms with Crippen LogP contribution in [-0.4, -0.2) is 13.0 Å². The van der Waals surface area contributed by atoms with Crippen LogP contribution < -0.4 is 5.32 Å². The molecule has 0 fully saturated rings. The molecule has 0 aliphatic carbocycles. The zero-order valence-corrected chi connectivity index (χ0v) is 13.1. The number of aryl methyl sites for hydroxylation is 1. The average molecular weight is 301 g/mol. The number of hydrogen-bond acceptors (Lipinski definition) is 2. The molecule has 2 aromatic rings. The molecule has 0 atom stereocenters. The summed E-state index contributed by atoms with van der Waals surface area (Å²) < 4.78 is 18.5. The molecule has 22 heavy (non-hydrogen) atoms. The van der Waals surface area contributed by atoms with Crippen molar-refractivity contribution in [3.63, 3.8) is 0 Å². The quantitative estimate of drug-likeness (QED) is 0.917. The highest BCUT2D eigenvalue weighted by atomic mass is 19.1. The Balaban J connectivity index is 2.08. The highest BCUT2D eigenvalue weighted by Crippen LogP contribution is 2.14. The van der Waals surface area contributed by atoms with Crippen LogP contribution >= 0.6 is 0 Å². The third kappa shape index (κ3) is 3.71. The molecule has 4 heteroatoms. The van der Waals surface area contributed by atoms with E-state index in [4.69, 9.17) is 4.74 Å². The lowest BCUT2D eigenvalue weighted by molar-refractivity contribution is 0.0950. The first-order valence-corrected chi connectivity index (χ1v) is 7.13. The van der Waals surface area contributed by atoms with Gasteiger partial charge >= 0.3 is 0 Å². The topological polar surface area (TPSA) is 38.3 Å². The number of amides is 1. The van der Waals surface area contributed by atoms with Crippen LogP contribution in [0.1, 0.15) is 32.6 Å². The van der Waals surface area contributed by atoms with Crippen LogP contribution in [0.4, 0.5) is 4.39 Å². The standard InChI is InChI=1S/C18H20FNO2/c1-12-5-4-6-16(13(12)2)18(21)20-10-14-7-8-17(19)15(9-14)11-22-3/h4-9H,10-11H2,1-3H3,(H,20,21). The fourth-order valence-electron chi connectivity index (χ4n) is 2.28. The first-order valence-electron chi connectivity index (χ1n) is 7.13. The number of nitrogens with one attached hydrogen (secondary N) is 1. The maximum absolute atomic E-state index is 13.6. The first kappa shape index (κ1) is 16.2. The number of methoxy groups -OCH3 is 1. The van der Waals surface area contributed by atoms with E-state index in [2.05, 4.69) is 5.32 Å². The Morgan fingerprint density at radius 3 is 2.73 bits per heavy atom. The fraction of sp³-hybridized carbons (Fsp3) is 0.278. The number of benzene rings is 2. The summed E-state index contributed by atoms with van der Waals surface area (Å²) in [5.74, 6) is -0.426. The lowest BCUT2D eigenvalue weighted by Gasteiger charge is -2.10. The fourth-order valence-corrected chi connectivity index (χ4v) is 2.28. The summed E-state index contributed by atoms with van der Waals surface area (Å²) in [6.45, 7) is 4.47. The van der Waals surface area contributed by atoms with E-state index in [0.29, 0.717) is 17.7 Å². The third-order valence-corrected chi connectivity index (χ3v) is 3.71. The molecule has 116 valence electrons. The average Bonchev–Trinajstić information content (AvgIpc) is 2.50. The maximum Gasteiger partial charge on any atom is 0.251 e. The lowest BCUT2D eigenvalue weighted by Crippen LogP contribution is -2.24. The van der Waals surface area contributed by atoms with Gasteiger partial charge in [0.2, 0.25) is 0 Å². The summed E-state index contributed by atoms with van der Waals surface area (Å²) in [5.41, 5.74) is 4.04.